The van der Waals surface area contributed by atoms with Crippen LogP contribution in [0.25, 0.3) is 5.69 Å². The molecular formula is C22H23ClF4N4O4S. The van der Waals surface area contributed by atoms with Crippen LogP contribution in [0.4, 0.5) is 17.6 Å². The van der Waals surface area contributed by atoms with E-state index < -0.39 is 36.4 Å². The second kappa shape index (κ2) is 15.6. The maximum absolute atomic E-state index is 14.6. The third-order valence-corrected chi connectivity index (χ3v) is 5.34. The number of benzene rings is 1. The van der Waals surface area contributed by atoms with E-state index in [0.29, 0.717) is 26.4 Å². The number of ether oxygens (including phenoxy) is 1. The summed E-state index contributed by atoms with van der Waals surface area (Å²) in [6.45, 7) is 1.10. The van der Waals surface area contributed by atoms with Crippen LogP contribution in [0.3, 0.4) is 0 Å². The molecule has 0 aliphatic heterocycles. The summed E-state index contributed by atoms with van der Waals surface area (Å²) in [4.78, 5) is 39.5. The normalized spacial score (nSPS) is 9.97. The molecule has 3 rings (SSSR count). The van der Waals surface area contributed by atoms with Gasteiger partial charge in [-0.05, 0) is 18.2 Å². The maximum atomic E-state index is 14.6. The molecule has 0 atom stereocenters. The largest absolute Gasteiger partial charge is 0.453 e. The zero-order chi connectivity index (χ0) is 27.3. The molecule has 1 aromatic carbocycles. The Morgan fingerprint density at radius 3 is 2.44 bits per heavy atom. The van der Waals surface area contributed by atoms with Crippen LogP contribution in [0.15, 0.2) is 51.1 Å². The van der Waals surface area contributed by atoms with Crippen LogP contribution in [0.2, 0.25) is 5.02 Å². The van der Waals surface area contributed by atoms with Crippen LogP contribution < -0.4 is 21.8 Å². The number of halogens is 5. The standard InChI is InChI=1S/C19H15ClF2N4O4S.C2H6.CH2F2/c20-12-8-13(22)14(25-17(28)7-11(10-21)26(23)19(25)29)9-16(12)30-15-3-1-4-24-18(15)31-6-2-5-27;1-2;2-1-3/h1,3-5,7-9H,2,6,10,23H2;1-2H3;1H2. The van der Waals surface area contributed by atoms with Crippen molar-refractivity contribution in [2.45, 2.75) is 32.0 Å². The molecular weight excluding hydrogens is 528 g/mol. The highest BCUT2D eigenvalue weighted by molar-refractivity contribution is 7.99. The van der Waals surface area contributed by atoms with Gasteiger partial charge in [-0.1, -0.05) is 25.4 Å². The van der Waals surface area contributed by atoms with Crippen molar-refractivity contribution in [3.8, 4) is 17.2 Å². The van der Waals surface area contributed by atoms with Gasteiger partial charge in [-0.25, -0.2) is 36.6 Å². The van der Waals surface area contributed by atoms with E-state index in [1.807, 2.05) is 13.8 Å². The lowest BCUT2D eigenvalue weighted by Gasteiger charge is -2.14. The molecule has 0 spiro atoms. The fourth-order valence-electron chi connectivity index (χ4n) is 2.58. The lowest BCUT2D eigenvalue weighted by atomic mass is 10.2. The number of rotatable bonds is 8. The number of thioether (sulfide) groups is 1. The van der Waals surface area contributed by atoms with E-state index >= 15 is 0 Å². The van der Waals surface area contributed by atoms with Crippen molar-refractivity contribution in [3.63, 3.8) is 0 Å². The van der Waals surface area contributed by atoms with Crippen molar-refractivity contribution >= 4 is 29.6 Å². The molecule has 2 heterocycles. The smallest absolute Gasteiger partial charge is 0.354 e. The van der Waals surface area contributed by atoms with Gasteiger partial charge in [0.05, 0.1) is 16.4 Å². The summed E-state index contributed by atoms with van der Waals surface area (Å²) in [5, 5.41) is 0.329. The van der Waals surface area contributed by atoms with Crippen molar-refractivity contribution in [3.05, 3.63) is 73.9 Å². The topological polar surface area (TPSA) is 109 Å². The van der Waals surface area contributed by atoms with Crippen LogP contribution in [0, 0.1) is 5.82 Å². The number of nitrogen functional groups attached to an aromatic ring is 1. The van der Waals surface area contributed by atoms with Crippen LogP contribution >= 0.6 is 23.4 Å². The monoisotopic (exact) mass is 550 g/mol. The molecule has 0 amide bonds. The molecule has 0 fully saturated rings. The molecule has 0 aliphatic carbocycles. The van der Waals surface area contributed by atoms with Gasteiger partial charge in [-0.2, -0.15) is 0 Å². The number of pyridine rings is 1. The number of nitrogens with two attached hydrogens (primary N) is 1. The van der Waals surface area contributed by atoms with Crippen LogP contribution in [-0.4, -0.2) is 33.2 Å². The molecule has 0 aliphatic rings. The van der Waals surface area contributed by atoms with Gasteiger partial charge in [0.1, 0.15) is 29.6 Å². The molecule has 0 bridgehead atoms. The van der Waals surface area contributed by atoms with Gasteiger partial charge in [-0.3, -0.25) is 4.79 Å². The van der Waals surface area contributed by atoms with Crippen LogP contribution in [0.5, 0.6) is 11.5 Å². The van der Waals surface area contributed by atoms with Crippen molar-refractivity contribution in [2.24, 2.45) is 0 Å². The van der Waals surface area contributed by atoms with E-state index in [2.05, 4.69) is 4.98 Å². The Labute approximate surface area is 212 Å². The number of carbonyl (C=O) groups is 1. The number of carbonyl (C=O) groups excluding carboxylic acids is 1. The van der Waals surface area contributed by atoms with E-state index in [0.717, 1.165) is 24.5 Å². The molecule has 0 radical (unpaired) electrons. The molecule has 36 heavy (non-hydrogen) atoms. The van der Waals surface area contributed by atoms with E-state index in [-0.39, 0.29) is 22.2 Å². The molecule has 0 saturated carbocycles. The Morgan fingerprint density at radius 1 is 1.17 bits per heavy atom. The van der Waals surface area contributed by atoms with Gasteiger partial charge < -0.3 is 15.4 Å². The Hall–Kier alpha value is -3.32. The van der Waals surface area contributed by atoms with Crippen LogP contribution in [0.1, 0.15) is 26.0 Å². The maximum Gasteiger partial charge on any atom is 0.354 e. The SMILES string of the molecule is CC.FCF.Nn1c(CF)cc(=O)n(-c2cc(Oc3cccnc3SCCC=O)c(Cl)cc2F)c1=O. The highest BCUT2D eigenvalue weighted by Gasteiger charge is 2.19. The first-order valence-corrected chi connectivity index (χ1v) is 11.6. The molecule has 2 N–H and O–H groups in total. The van der Waals surface area contributed by atoms with Crippen molar-refractivity contribution < 1.29 is 27.1 Å². The first-order valence-electron chi connectivity index (χ1n) is 10.3. The van der Waals surface area contributed by atoms with Gasteiger partial charge >= 0.3 is 5.69 Å². The van der Waals surface area contributed by atoms with Gasteiger partial charge in [0.2, 0.25) is 6.93 Å². The number of alkyl halides is 3. The predicted molar refractivity (Wildman–Crippen MR) is 130 cm³/mol. The van der Waals surface area contributed by atoms with E-state index in [1.165, 1.54) is 18.0 Å². The van der Waals surface area contributed by atoms with Gasteiger partial charge in [0.25, 0.3) is 5.56 Å². The molecule has 3 aromatic rings. The zero-order valence-corrected chi connectivity index (χ0v) is 20.8. The minimum Gasteiger partial charge on any atom is -0.453 e. The molecule has 8 nitrogen and oxygen atoms in total. The van der Waals surface area contributed by atoms with E-state index in [4.69, 9.17) is 22.2 Å². The summed E-state index contributed by atoms with van der Waals surface area (Å²) in [7, 11) is 0. The highest BCUT2D eigenvalue weighted by atomic mass is 35.5. The number of aldehydes is 1. The summed E-state index contributed by atoms with van der Waals surface area (Å²) >= 11 is 7.36. The Bertz CT molecular complexity index is 1270. The van der Waals surface area contributed by atoms with E-state index in [1.54, 1.807) is 12.1 Å². The number of nitrogens with zero attached hydrogens (tertiary/aromatic N) is 3. The zero-order valence-electron chi connectivity index (χ0n) is 19.2. The van der Waals surface area contributed by atoms with Crippen molar-refractivity contribution in [2.75, 3.05) is 18.5 Å². The fourth-order valence-corrected chi connectivity index (χ4v) is 3.56. The average molecular weight is 551 g/mol. The molecule has 0 saturated heterocycles. The molecule has 0 unspecified atom stereocenters. The summed E-state index contributed by atoms with van der Waals surface area (Å²) in [5.74, 6) is 5.19. The minimum absolute atomic E-state index is 0.0623. The third kappa shape index (κ3) is 7.85. The highest BCUT2D eigenvalue weighted by Crippen LogP contribution is 2.36. The Morgan fingerprint density at radius 2 is 1.83 bits per heavy atom. The lowest BCUT2D eigenvalue weighted by Crippen LogP contribution is -2.43. The van der Waals surface area contributed by atoms with Gasteiger partial charge in [0.15, 0.2) is 5.75 Å². The summed E-state index contributed by atoms with van der Waals surface area (Å²) in [6, 6.07) is 5.91. The lowest BCUT2D eigenvalue weighted by molar-refractivity contribution is -0.107. The van der Waals surface area contributed by atoms with E-state index in [9.17, 15) is 31.9 Å². The second-order valence-electron chi connectivity index (χ2n) is 6.14. The minimum atomic E-state index is -1.75. The quantitative estimate of drug-likeness (QED) is 0.142. The predicted octanol–water partition coefficient (Wildman–Crippen LogP) is 4.75. The summed E-state index contributed by atoms with van der Waals surface area (Å²) in [5.41, 5.74) is -2.95. The average Bonchev–Trinajstić information content (AvgIpc) is 2.87. The second-order valence-corrected chi connectivity index (χ2v) is 7.63. The number of aromatic nitrogens is 3. The van der Waals surface area contributed by atoms with Crippen molar-refractivity contribution in [1.29, 1.82) is 0 Å². The molecule has 196 valence electrons. The first kappa shape index (κ1) is 30.7. The Kier molecular flexibility index (Phi) is 13.3. The van der Waals surface area contributed by atoms with Gasteiger partial charge in [0, 0.05) is 30.5 Å². The van der Waals surface area contributed by atoms with Crippen LogP contribution in [-0.2, 0) is 11.5 Å². The Balaban J connectivity index is 0.00000120. The molecule has 14 heteroatoms. The molecule has 2 aromatic heterocycles. The van der Waals surface area contributed by atoms with Crippen molar-refractivity contribution in [1.82, 2.24) is 14.2 Å². The summed E-state index contributed by atoms with van der Waals surface area (Å²) < 4.78 is 53.4. The number of hydrogen-bond acceptors (Lipinski definition) is 7. The third-order valence-electron chi connectivity index (χ3n) is 4.03. The number of hydrogen-bond donors (Lipinski definition) is 1. The fraction of sp³-hybridized carbons (Fsp3) is 0.273. The summed E-state index contributed by atoms with van der Waals surface area (Å²) in [6.07, 6.45) is 2.62. The van der Waals surface area contributed by atoms with Gasteiger partial charge in [-0.15, -0.1) is 11.8 Å². The first-order chi connectivity index (χ1) is 17.3.